The highest BCUT2D eigenvalue weighted by atomic mass is 16.7. The van der Waals surface area contributed by atoms with Gasteiger partial charge < -0.3 is 89.3 Å². The minimum Gasteiger partial charge on any atom is -0.507 e. The van der Waals surface area contributed by atoms with Crippen molar-refractivity contribution >= 4 is 23.1 Å². The summed E-state index contributed by atoms with van der Waals surface area (Å²) < 4.78 is 41.6. The normalized spacial score (nSPS) is 39.1. The molecule has 24 heteroatoms. The van der Waals surface area contributed by atoms with E-state index >= 15 is 9.59 Å². The number of likely N-dealkylation sites (N-methyl/N-ethyl adjacent to an activating group) is 2. The second kappa shape index (κ2) is 16.9. The van der Waals surface area contributed by atoms with Gasteiger partial charge in [-0.2, -0.15) is 0 Å². The van der Waals surface area contributed by atoms with Crippen LogP contribution in [0.1, 0.15) is 85.2 Å². The number of nitrogens with zero attached hydrogens (tertiary/aromatic N) is 6. The Labute approximate surface area is 444 Å². The average molecular weight is 1080 g/mol. The molecular formula is C54H58N6O18+2. The molecule has 0 amide bonds. The summed E-state index contributed by atoms with van der Waals surface area (Å²) in [5.74, 6) is -16.1. The molecule has 16 atom stereocenters. The first-order valence-corrected chi connectivity index (χ1v) is 25.8. The zero-order valence-corrected chi connectivity index (χ0v) is 43.5. The monoisotopic (exact) mass is 1080 g/mol. The zero-order valence-electron chi connectivity index (χ0n) is 43.5. The van der Waals surface area contributed by atoms with Crippen molar-refractivity contribution in [3.05, 3.63) is 112 Å². The van der Waals surface area contributed by atoms with Gasteiger partial charge in [0.1, 0.15) is 69.1 Å². The maximum Gasteiger partial charge on any atom is 0.403 e. The number of aromatic hydroxyl groups is 4. The molecule has 4 saturated heterocycles. The molecule has 10 aliphatic rings. The number of fused-ring (bicyclic) bond motifs is 8. The molecule has 78 heavy (non-hydrogen) atoms. The molecule has 24 nitrogen and oxygen atoms in total. The lowest BCUT2D eigenvalue weighted by atomic mass is 9.56. The fraction of sp³-hybridized carbons (Fsp3) is 0.519. The molecule has 10 N–H and O–H groups in total. The maximum absolute atomic E-state index is 15.4. The number of ether oxygens (including phenoxy) is 6. The predicted molar refractivity (Wildman–Crippen MR) is 265 cm³/mol. The van der Waals surface area contributed by atoms with Crippen LogP contribution in [-0.4, -0.2) is 185 Å². The molecule has 4 heterocycles. The molecule has 0 aromatic heterocycles. The smallest absolute Gasteiger partial charge is 0.403 e. The van der Waals surface area contributed by atoms with E-state index in [0.29, 0.717) is 0 Å². The van der Waals surface area contributed by atoms with Gasteiger partial charge in [0.15, 0.2) is 34.1 Å². The summed E-state index contributed by atoms with van der Waals surface area (Å²) in [6.45, 7) is 6.59. The number of allylic oxidation sites excluding steroid dienone is 2. The number of carbonyl (C=O) groups is 2. The fourth-order valence-electron chi connectivity index (χ4n) is 15.5. The van der Waals surface area contributed by atoms with Crippen LogP contribution >= 0.6 is 0 Å². The topological polar surface area (TPSA) is 355 Å². The minimum absolute atomic E-state index is 0.218. The largest absolute Gasteiger partial charge is 0.507 e. The number of phenolic OH excluding ortho intramolecular Hbond substituents is 4. The van der Waals surface area contributed by atoms with Crippen LogP contribution in [0.4, 0.5) is 0 Å². The van der Waals surface area contributed by atoms with Crippen molar-refractivity contribution in [3.8, 4) is 23.0 Å². The first kappa shape index (κ1) is 52.1. The van der Waals surface area contributed by atoms with Crippen molar-refractivity contribution in [2.45, 2.75) is 137 Å². The van der Waals surface area contributed by atoms with Crippen molar-refractivity contribution < 1.29 is 89.1 Å². The Morgan fingerprint density at radius 1 is 0.590 bits per heavy atom. The zero-order chi connectivity index (χ0) is 56.1. The molecule has 6 fully saturated rings. The summed E-state index contributed by atoms with van der Waals surface area (Å²) in [4.78, 5) is 41.5. The van der Waals surface area contributed by atoms with E-state index in [-0.39, 0.29) is 36.8 Å². The molecular weight excluding hydrogens is 1020 g/mol. The van der Waals surface area contributed by atoms with Gasteiger partial charge in [-0.15, -0.1) is 0 Å². The number of diazo groups is 2. The predicted octanol–water partition coefficient (Wildman–Crippen LogP) is 3.59. The van der Waals surface area contributed by atoms with E-state index in [2.05, 4.69) is 9.95 Å². The van der Waals surface area contributed by atoms with Crippen LogP contribution < -0.4 is 0 Å². The highest BCUT2D eigenvalue weighted by Gasteiger charge is 2.89. The Balaban J connectivity index is 1.18. The molecule has 2 saturated carbocycles. The van der Waals surface area contributed by atoms with E-state index in [9.17, 15) is 61.9 Å². The van der Waals surface area contributed by atoms with Crippen LogP contribution in [0.15, 0.2) is 80.2 Å². The van der Waals surface area contributed by atoms with Gasteiger partial charge in [0.05, 0.1) is 92.9 Å². The van der Waals surface area contributed by atoms with Gasteiger partial charge in [0.25, 0.3) is 0 Å². The standard InChI is InChI=1S/C54H56N6O18/c1-9-51-47-48-52(10-2,50(76-26-16-24(66)42(60(7)8)18(4)74-26)36-38(54(48,72)77-51)32-34(40(36)58-56)46(70)30-22(64)14-12-20(62)28(30)44(32)68)78-53(47,71)37-31-33(45(69)29-21(63)13-11-19(61)27(29)43(31)67)39(57-55)35(37)49(51)75-25-15-23(65)41(59(5)6)17(3)73-25/h11-14,17-18,23-26,41-42,47-50,55-56,65-66,71-72H,9-10,15-16H2,1-8H3,(H2,67,68,69,70)/p+2/t17-,18-,23-,24-,25+,26+,41-,42?,47-,48-,49-,50-,51+,52+,53+,54+/m1/s1. The Morgan fingerprint density at radius 3 is 1.22 bits per heavy atom. The van der Waals surface area contributed by atoms with Crippen LogP contribution in [0.3, 0.4) is 0 Å². The highest BCUT2D eigenvalue weighted by molar-refractivity contribution is 6.24. The number of rotatable bonds is 8. The molecule has 12 rings (SSSR count). The van der Waals surface area contributed by atoms with Crippen molar-refractivity contribution in [2.75, 3.05) is 28.2 Å². The number of phenols is 4. The molecule has 0 radical (unpaired) electrons. The average Bonchev–Trinajstić information content (AvgIpc) is 1.58. The Hall–Kier alpha value is -6.62. The molecule has 0 bridgehead atoms. The van der Waals surface area contributed by atoms with Gasteiger partial charge in [-0.3, -0.25) is 9.59 Å². The van der Waals surface area contributed by atoms with E-state index in [1.54, 1.807) is 65.7 Å². The van der Waals surface area contributed by atoms with Crippen molar-refractivity contribution in [1.29, 1.82) is 10.8 Å². The van der Waals surface area contributed by atoms with Crippen molar-refractivity contribution in [2.24, 2.45) is 11.8 Å². The summed E-state index contributed by atoms with van der Waals surface area (Å²) in [6.07, 6.45) is -11.1. The lowest BCUT2D eigenvalue weighted by Gasteiger charge is -2.54. The number of aliphatic hydroxyl groups is 6. The summed E-state index contributed by atoms with van der Waals surface area (Å²) in [5.41, 5.74) is -12.0. The van der Waals surface area contributed by atoms with Crippen molar-refractivity contribution in [3.63, 3.8) is 0 Å². The van der Waals surface area contributed by atoms with Gasteiger partial charge in [0, 0.05) is 24.0 Å². The quantitative estimate of drug-likeness (QED) is 0.133. The van der Waals surface area contributed by atoms with Crippen LogP contribution in [0, 0.1) is 22.6 Å². The first-order valence-electron chi connectivity index (χ1n) is 25.8. The van der Waals surface area contributed by atoms with Gasteiger partial charge >= 0.3 is 11.4 Å². The fourth-order valence-corrected chi connectivity index (χ4v) is 15.5. The number of aliphatic hydroxyl groups excluding tert-OH is 4. The second-order valence-corrected chi connectivity index (χ2v) is 22.3. The van der Waals surface area contributed by atoms with Gasteiger partial charge in [-0.1, -0.05) is 13.8 Å². The van der Waals surface area contributed by atoms with E-state index < -0.39 is 209 Å². The molecule has 4 aliphatic heterocycles. The Morgan fingerprint density at radius 2 is 0.923 bits per heavy atom. The molecule has 410 valence electrons. The van der Waals surface area contributed by atoms with Crippen molar-refractivity contribution in [1.82, 2.24) is 9.80 Å². The van der Waals surface area contributed by atoms with Gasteiger partial charge in [0.2, 0.25) is 22.4 Å². The number of hydrogen-bond donors (Lipinski definition) is 10. The van der Waals surface area contributed by atoms with E-state index in [1.165, 1.54) is 0 Å². The Kier molecular flexibility index (Phi) is 11.3. The lowest BCUT2D eigenvalue weighted by molar-refractivity contribution is -0.348. The summed E-state index contributed by atoms with van der Waals surface area (Å²) in [6, 6.07) is 2.97. The molecule has 0 spiro atoms. The maximum atomic E-state index is 15.4. The summed E-state index contributed by atoms with van der Waals surface area (Å²) in [5, 5.41) is 144. The van der Waals surface area contributed by atoms with Crippen LogP contribution in [0.2, 0.25) is 0 Å². The molecule has 2 aromatic carbocycles. The number of benzene rings is 2. The van der Waals surface area contributed by atoms with Crippen LogP contribution in [0.5, 0.6) is 23.0 Å². The number of Topliss-reactive ketones (excluding diaryl/α,β-unsaturated/α-hetero) is 2. The highest BCUT2D eigenvalue weighted by Crippen LogP contribution is 2.77. The SMILES string of the molecule is CC[C@@]12O[C@@]3(O)C4=C5C(=O)c6c(O)ccc(O)c6C(O)=C5C([N+]#N)=C4[C@@H](O[C@H]4C[C@@H](O)[C@H](N(C)C)[C@@H](C)O4)[C@@]4(CC)O[C@@](O)(C5=C6C(=O)c7c(O)ccc(O)c7C(O)=C6C([N+]#N)=C5[C@H]1O[C@H]1C[C@@H](O)C(N(C)C)[C@@H](C)O1)[C@@H]2[C@H]43. The number of hydrogen-bond acceptors (Lipinski definition) is 22. The van der Waals surface area contributed by atoms with Gasteiger partial charge in [-0.25, -0.2) is 0 Å². The number of ketones is 2. The van der Waals surface area contributed by atoms with Crippen LogP contribution in [0.25, 0.3) is 21.5 Å². The van der Waals surface area contributed by atoms with Gasteiger partial charge in [-0.05, 0) is 79.1 Å². The van der Waals surface area contributed by atoms with E-state index in [4.69, 9.17) is 28.4 Å². The third-order valence-electron chi connectivity index (χ3n) is 18.2. The second-order valence-electron chi connectivity index (χ2n) is 22.3. The van der Waals surface area contributed by atoms with Crippen LogP contribution in [-0.2, 0) is 28.4 Å². The first-order chi connectivity index (χ1) is 36.8. The Bertz CT molecular complexity index is 3180. The molecule has 6 aliphatic carbocycles. The number of carbonyl (C=O) groups excluding carboxylic acids is 2. The lowest BCUT2D eigenvalue weighted by Crippen LogP contribution is -2.65. The van der Waals surface area contributed by atoms with E-state index in [0.717, 1.165) is 24.3 Å². The third-order valence-corrected chi connectivity index (χ3v) is 18.2. The minimum atomic E-state index is -2.99. The summed E-state index contributed by atoms with van der Waals surface area (Å²) >= 11 is 0. The summed E-state index contributed by atoms with van der Waals surface area (Å²) in [7, 11) is 7.00. The van der Waals surface area contributed by atoms with E-state index in [1.807, 2.05) is 0 Å². The third kappa shape index (κ3) is 6.17. The molecule has 1 unspecified atom stereocenters. The molecule has 2 aromatic rings.